The number of hydrogen-bond donors (Lipinski definition) is 0. The van der Waals surface area contributed by atoms with Gasteiger partial charge in [0.25, 0.3) is 0 Å². The standard InChI is InChI=1S/C14H25N/c1-8(2)14-12-6-10-5-11(10)13(12)7-15(14)9(3)4/h8-14H,5-7H2,1-4H3. The van der Waals surface area contributed by atoms with E-state index in [1.165, 1.54) is 6.54 Å². The van der Waals surface area contributed by atoms with Gasteiger partial charge in [0, 0.05) is 18.6 Å². The molecule has 15 heavy (non-hydrogen) atoms. The Balaban J connectivity index is 1.82. The van der Waals surface area contributed by atoms with Gasteiger partial charge in [0.05, 0.1) is 0 Å². The molecule has 86 valence electrons. The number of hydrogen-bond acceptors (Lipinski definition) is 1. The van der Waals surface area contributed by atoms with E-state index in [4.69, 9.17) is 0 Å². The van der Waals surface area contributed by atoms with Crippen LogP contribution in [0.15, 0.2) is 0 Å². The predicted molar refractivity (Wildman–Crippen MR) is 63.7 cm³/mol. The van der Waals surface area contributed by atoms with Gasteiger partial charge in [0.2, 0.25) is 0 Å². The van der Waals surface area contributed by atoms with Crippen LogP contribution in [0.4, 0.5) is 0 Å². The van der Waals surface area contributed by atoms with Gasteiger partial charge in [-0.3, -0.25) is 4.90 Å². The van der Waals surface area contributed by atoms with E-state index in [0.717, 1.165) is 41.7 Å². The summed E-state index contributed by atoms with van der Waals surface area (Å²) in [5.41, 5.74) is 0. The predicted octanol–water partition coefficient (Wildman–Crippen LogP) is 3.01. The van der Waals surface area contributed by atoms with Gasteiger partial charge in [-0.1, -0.05) is 13.8 Å². The average Bonchev–Trinajstić information content (AvgIpc) is 2.68. The van der Waals surface area contributed by atoms with Crippen molar-refractivity contribution >= 4 is 0 Å². The SMILES string of the molecule is CC(C)C1C2CC3CC3C2CN1C(C)C. The monoisotopic (exact) mass is 207 g/mol. The Bertz CT molecular complexity index is 256. The van der Waals surface area contributed by atoms with Crippen molar-refractivity contribution < 1.29 is 0 Å². The highest BCUT2D eigenvalue weighted by molar-refractivity contribution is 5.10. The first kappa shape index (κ1) is 10.1. The average molecular weight is 207 g/mol. The normalized spacial score (nSPS) is 48.8. The van der Waals surface area contributed by atoms with Crippen molar-refractivity contribution in [3.05, 3.63) is 0 Å². The van der Waals surface area contributed by atoms with Gasteiger partial charge in [-0.05, 0) is 56.3 Å². The number of nitrogens with zero attached hydrogens (tertiary/aromatic N) is 1. The summed E-state index contributed by atoms with van der Waals surface area (Å²) in [7, 11) is 0. The minimum absolute atomic E-state index is 0.750. The number of rotatable bonds is 2. The summed E-state index contributed by atoms with van der Waals surface area (Å²) < 4.78 is 0. The van der Waals surface area contributed by atoms with Gasteiger partial charge in [0.1, 0.15) is 0 Å². The molecule has 1 heterocycles. The van der Waals surface area contributed by atoms with E-state index in [9.17, 15) is 0 Å². The topological polar surface area (TPSA) is 3.24 Å². The Morgan fingerprint density at radius 1 is 0.933 bits per heavy atom. The van der Waals surface area contributed by atoms with E-state index in [1.807, 2.05) is 0 Å². The Morgan fingerprint density at radius 2 is 1.60 bits per heavy atom. The van der Waals surface area contributed by atoms with E-state index in [2.05, 4.69) is 32.6 Å². The third-order valence-corrected chi connectivity index (χ3v) is 5.24. The molecule has 3 rings (SSSR count). The molecule has 1 heteroatoms. The lowest BCUT2D eigenvalue weighted by molar-refractivity contribution is 0.136. The molecule has 1 aliphatic heterocycles. The van der Waals surface area contributed by atoms with Crippen molar-refractivity contribution in [1.82, 2.24) is 4.90 Å². The minimum atomic E-state index is 0.750. The molecule has 0 N–H and O–H groups in total. The summed E-state index contributed by atoms with van der Waals surface area (Å²) in [6.07, 6.45) is 3.12. The number of likely N-dealkylation sites (tertiary alicyclic amines) is 1. The summed E-state index contributed by atoms with van der Waals surface area (Å²) in [5.74, 6) is 5.26. The van der Waals surface area contributed by atoms with Crippen LogP contribution in [0, 0.1) is 29.6 Å². The quantitative estimate of drug-likeness (QED) is 0.673. The van der Waals surface area contributed by atoms with Gasteiger partial charge in [-0.15, -0.1) is 0 Å². The molecule has 3 aliphatic rings. The summed E-state index contributed by atoms with van der Waals surface area (Å²) in [6.45, 7) is 11.0. The molecular formula is C14H25N. The largest absolute Gasteiger partial charge is 0.297 e. The highest BCUT2D eigenvalue weighted by Gasteiger charge is 2.59. The molecule has 3 fully saturated rings. The highest BCUT2D eigenvalue weighted by Crippen LogP contribution is 2.62. The third-order valence-electron chi connectivity index (χ3n) is 5.24. The van der Waals surface area contributed by atoms with Gasteiger partial charge in [-0.2, -0.15) is 0 Å². The lowest BCUT2D eigenvalue weighted by Crippen LogP contribution is -2.41. The molecule has 2 saturated carbocycles. The zero-order valence-corrected chi connectivity index (χ0v) is 10.6. The van der Waals surface area contributed by atoms with Gasteiger partial charge < -0.3 is 0 Å². The highest BCUT2D eigenvalue weighted by atomic mass is 15.2. The second-order valence-electron chi connectivity index (χ2n) is 6.75. The van der Waals surface area contributed by atoms with Crippen LogP contribution >= 0.6 is 0 Å². The molecule has 5 unspecified atom stereocenters. The fourth-order valence-electron chi connectivity index (χ4n) is 4.62. The van der Waals surface area contributed by atoms with Crippen molar-refractivity contribution in [3.63, 3.8) is 0 Å². The van der Waals surface area contributed by atoms with Crippen molar-refractivity contribution in [2.45, 2.75) is 52.6 Å². The first-order valence-corrected chi connectivity index (χ1v) is 6.85. The molecule has 0 aromatic heterocycles. The van der Waals surface area contributed by atoms with Crippen LogP contribution < -0.4 is 0 Å². The molecule has 2 aliphatic carbocycles. The smallest absolute Gasteiger partial charge is 0.0153 e. The molecule has 0 spiro atoms. The Labute approximate surface area is 94.2 Å². The van der Waals surface area contributed by atoms with Crippen LogP contribution in [0.2, 0.25) is 0 Å². The maximum atomic E-state index is 2.80. The second kappa shape index (κ2) is 3.23. The molecule has 1 nitrogen and oxygen atoms in total. The molecule has 0 amide bonds. The molecule has 0 aromatic carbocycles. The van der Waals surface area contributed by atoms with E-state index < -0.39 is 0 Å². The van der Waals surface area contributed by atoms with Gasteiger partial charge >= 0.3 is 0 Å². The minimum Gasteiger partial charge on any atom is -0.297 e. The van der Waals surface area contributed by atoms with E-state index in [1.54, 1.807) is 12.8 Å². The van der Waals surface area contributed by atoms with Crippen LogP contribution in [-0.4, -0.2) is 23.5 Å². The summed E-state index contributed by atoms with van der Waals surface area (Å²) in [6, 6.07) is 1.64. The first-order valence-electron chi connectivity index (χ1n) is 6.85. The third kappa shape index (κ3) is 1.39. The maximum Gasteiger partial charge on any atom is 0.0153 e. The van der Waals surface area contributed by atoms with Gasteiger partial charge in [0.15, 0.2) is 0 Å². The van der Waals surface area contributed by atoms with E-state index in [0.29, 0.717) is 0 Å². The molecule has 5 atom stereocenters. The van der Waals surface area contributed by atoms with Gasteiger partial charge in [-0.25, -0.2) is 0 Å². The van der Waals surface area contributed by atoms with Crippen LogP contribution in [0.3, 0.4) is 0 Å². The lowest BCUT2D eigenvalue weighted by atomic mass is 9.84. The van der Waals surface area contributed by atoms with Crippen LogP contribution in [0.25, 0.3) is 0 Å². The van der Waals surface area contributed by atoms with Crippen molar-refractivity contribution in [3.8, 4) is 0 Å². The second-order valence-corrected chi connectivity index (χ2v) is 6.75. The summed E-state index contributed by atoms with van der Waals surface area (Å²) in [4.78, 5) is 2.80. The molecule has 0 aromatic rings. The first-order chi connectivity index (χ1) is 7.09. The van der Waals surface area contributed by atoms with E-state index >= 15 is 0 Å². The van der Waals surface area contributed by atoms with Crippen molar-refractivity contribution in [2.75, 3.05) is 6.54 Å². The molecule has 0 bridgehead atoms. The Hall–Kier alpha value is -0.0400. The zero-order chi connectivity index (χ0) is 10.7. The fourth-order valence-corrected chi connectivity index (χ4v) is 4.62. The van der Waals surface area contributed by atoms with Crippen LogP contribution in [0.1, 0.15) is 40.5 Å². The zero-order valence-electron chi connectivity index (χ0n) is 10.6. The Kier molecular flexibility index (Phi) is 2.18. The van der Waals surface area contributed by atoms with Crippen LogP contribution in [-0.2, 0) is 0 Å². The maximum absolute atomic E-state index is 2.80. The molecule has 0 radical (unpaired) electrons. The Morgan fingerprint density at radius 3 is 2.20 bits per heavy atom. The van der Waals surface area contributed by atoms with Crippen molar-refractivity contribution in [2.24, 2.45) is 29.6 Å². The molecule has 1 saturated heterocycles. The fraction of sp³-hybridized carbons (Fsp3) is 1.00. The lowest BCUT2D eigenvalue weighted by Gasteiger charge is -2.34. The molecular weight excluding hydrogens is 182 g/mol. The van der Waals surface area contributed by atoms with Crippen molar-refractivity contribution in [1.29, 1.82) is 0 Å². The summed E-state index contributed by atoms with van der Waals surface area (Å²) in [5, 5.41) is 0. The number of fused-ring (bicyclic) bond motifs is 3. The summed E-state index contributed by atoms with van der Waals surface area (Å²) >= 11 is 0. The van der Waals surface area contributed by atoms with E-state index in [-0.39, 0.29) is 0 Å². The van der Waals surface area contributed by atoms with Crippen LogP contribution in [0.5, 0.6) is 0 Å².